The highest BCUT2D eigenvalue weighted by atomic mass is 16.2. The molecule has 0 unspecified atom stereocenters. The Morgan fingerprint density at radius 2 is 2.29 bits per heavy atom. The molecule has 0 spiro atoms. The highest BCUT2D eigenvalue weighted by molar-refractivity contribution is 5.96. The number of allylic oxidation sites excluding steroid dienone is 1. The molecule has 0 aliphatic heterocycles. The van der Waals surface area contributed by atoms with Crippen LogP contribution in [0.15, 0.2) is 11.8 Å². The third-order valence-corrected chi connectivity index (χ3v) is 4.08. The molecule has 2 aliphatic carbocycles. The highest BCUT2D eigenvalue weighted by Gasteiger charge is 2.42. The van der Waals surface area contributed by atoms with Gasteiger partial charge in [0.1, 0.15) is 0 Å². The second-order valence-corrected chi connectivity index (χ2v) is 5.06. The van der Waals surface area contributed by atoms with Crippen molar-refractivity contribution in [2.24, 2.45) is 11.3 Å². The Hall–Kier alpha value is -0.790. The summed E-state index contributed by atoms with van der Waals surface area (Å²) in [4.78, 5) is 11.6. The van der Waals surface area contributed by atoms with Gasteiger partial charge >= 0.3 is 0 Å². The van der Waals surface area contributed by atoms with Gasteiger partial charge in [-0.2, -0.15) is 0 Å². The van der Waals surface area contributed by atoms with Gasteiger partial charge < -0.3 is 5.11 Å². The molecule has 2 heteroatoms. The van der Waals surface area contributed by atoms with Crippen LogP contribution in [0, 0.1) is 11.3 Å². The third kappa shape index (κ3) is 1.47. The summed E-state index contributed by atoms with van der Waals surface area (Å²) in [6.07, 6.45) is 7.42. The molecule has 2 rings (SSSR count). The standard InChI is InChI=1S/C12H18O2/c1-12-5-3-2-4-10(12)6-11(14)9(7-12)8-13/h8,10,13H,2-7H2,1H3/b9-8-/t10-,12-/m1/s1. The van der Waals surface area contributed by atoms with Crippen molar-refractivity contribution in [1.82, 2.24) is 0 Å². The number of hydrogen-bond acceptors (Lipinski definition) is 2. The van der Waals surface area contributed by atoms with Crippen molar-refractivity contribution in [3.8, 4) is 0 Å². The van der Waals surface area contributed by atoms with Gasteiger partial charge in [0.15, 0.2) is 5.78 Å². The van der Waals surface area contributed by atoms with E-state index in [0.29, 0.717) is 17.9 Å². The van der Waals surface area contributed by atoms with Crippen molar-refractivity contribution in [3.63, 3.8) is 0 Å². The summed E-state index contributed by atoms with van der Waals surface area (Å²) in [6, 6.07) is 0. The molecule has 0 aromatic heterocycles. The number of Topliss-reactive ketones (excluding diaryl/α,β-unsaturated/α-hetero) is 1. The number of aliphatic hydroxyl groups is 1. The van der Waals surface area contributed by atoms with Gasteiger partial charge in [-0.05, 0) is 30.6 Å². The fourth-order valence-electron chi connectivity index (χ4n) is 3.06. The molecular weight excluding hydrogens is 176 g/mol. The van der Waals surface area contributed by atoms with Crippen LogP contribution in [0.1, 0.15) is 45.4 Å². The first kappa shape index (κ1) is 9.75. The molecule has 2 atom stereocenters. The van der Waals surface area contributed by atoms with Gasteiger partial charge in [0.25, 0.3) is 0 Å². The quantitative estimate of drug-likeness (QED) is 0.475. The van der Waals surface area contributed by atoms with E-state index in [1.807, 2.05) is 0 Å². The van der Waals surface area contributed by atoms with E-state index in [0.717, 1.165) is 12.7 Å². The zero-order valence-electron chi connectivity index (χ0n) is 8.75. The van der Waals surface area contributed by atoms with E-state index in [2.05, 4.69) is 6.92 Å². The first-order chi connectivity index (χ1) is 6.65. The lowest BCUT2D eigenvalue weighted by Crippen LogP contribution is -2.38. The lowest BCUT2D eigenvalue weighted by Gasteiger charge is -2.45. The summed E-state index contributed by atoms with van der Waals surface area (Å²) in [5.41, 5.74) is 0.923. The molecular formula is C12H18O2. The van der Waals surface area contributed by atoms with E-state index in [4.69, 9.17) is 5.11 Å². The van der Waals surface area contributed by atoms with Gasteiger partial charge in [0.2, 0.25) is 0 Å². The van der Waals surface area contributed by atoms with Crippen molar-refractivity contribution in [3.05, 3.63) is 11.8 Å². The number of hydrogen-bond donors (Lipinski definition) is 1. The lowest BCUT2D eigenvalue weighted by atomic mass is 9.59. The number of carbonyl (C=O) groups excluding carboxylic acids is 1. The molecule has 1 N–H and O–H groups in total. The summed E-state index contributed by atoms with van der Waals surface area (Å²) in [5, 5.41) is 8.98. The first-order valence-electron chi connectivity index (χ1n) is 5.52. The lowest BCUT2D eigenvalue weighted by molar-refractivity contribution is -0.121. The monoisotopic (exact) mass is 194 g/mol. The van der Waals surface area contributed by atoms with Crippen LogP contribution in [0.5, 0.6) is 0 Å². The molecule has 0 saturated heterocycles. The maximum absolute atomic E-state index is 11.6. The van der Waals surface area contributed by atoms with Gasteiger partial charge in [0, 0.05) is 12.0 Å². The minimum atomic E-state index is 0.164. The van der Waals surface area contributed by atoms with Crippen LogP contribution >= 0.6 is 0 Å². The first-order valence-corrected chi connectivity index (χ1v) is 5.52. The van der Waals surface area contributed by atoms with Crippen LogP contribution in [0.3, 0.4) is 0 Å². The Bertz CT molecular complexity index is 280. The maximum atomic E-state index is 11.6. The fraction of sp³-hybridized carbons (Fsp3) is 0.750. The molecule has 0 heterocycles. The summed E-state index contributed by atoms with van der Waals surface area (Å²) in [6.45, 7) is 2.27. The Balaban J connectivity index is 2.21. The molecule has 2 nitrogen and oxygen atoms in total. The van der Waals surface area contributed by atoms with Gasteiger partial charge in [0.05, 0.1) is 6.26 Å². The average molecular weight is 194 g/mol. The van der Waals surface area contributed by atoms with E-state index in [1.54, 1.807) is 0 Å². The molecule has 0 amide bonds. The van der Waals surface area contributed by atoms with Crippen LogP contribution in [0.2, 0.25) is 0 Å². The maximum Gasteiger partial charge on any atom is 0.162 e. The molecule has 14 heavy (non-hydrogen) atoms. The Morgan fingerprint density at radius 3 is 3.00 bits per heavy atom. The van der Waals surface area contributed by atoms with E-state index in [9.17, 15) is 4.79 Å². The number of fused-ring (bicyclic) bond motifs is 1. The predicted molar refractivity (Wildman–Crippen MR) is 55.0 cm³/mol. The van der Waals surface area contributed by atoms with E-state index in [-0.39, 0.29) is 11.2 Å². The van der Waals surface area contributed by atoms with Crippen LogP contribution in [-0.4, -0.2) is 10.9 Å². The van der Waals surface area contributed by atoms with Crippen molar-refractivity contribution in [2.45, 2.75) is 45.4 Å². The van der Waals surface area contributed by atoms with Crippen LogP contribution in [-0.2, 0) is 4.79 Å². The van der Waals surface area contributed by atoms with Crippen molar-refractivity contribution in [2.75, 3.05) is 0 Å². The molecule has 0 radical (unpaired) electrons. The number of aliphatic hydroxyl groups excluding tert-OH is 1. The van der Waals surface area contributed by atoms with Gasteiger partial charge in [-0.3, -0.25) is 4.79 Å². The molecule has 0 aromatic carbocycles. The highest BCUT2D eigenvalue weighted by Crippen LogP contribution is 2.50. The fourth-order valence-corrected chi connectivity index (χ4v) is 3.06. The van der Waals surface area contributed by atoms with Crippen molar-refractivity contribution >= 4 is 5.78 Å². The third-order valence-electron chi connectivity index (χ3n) is 4.08. The Labute approximate surface area is 85.0 Å². The topological polar surface area (TPSA) is 37.3 Å². The van der Waals surface area contributed by atoms with E-state index >= 15 is 0 Å². The molecule has 2 saturated carbocycles. The minimum Gasteiger partial charge on any atom is -0.515 e. The summed E-state index contributed by atoms with van der Waals surface area (Å²) >= 11 is 0. The molecule has 0 aromatic rings. The minimum absolute atomic E-state index is 0.164. The number of carbonyl (C=O) groups is 1. The van der Waals surface area contributed by atoms with Crippen molar-refractivity contribution in [1.29, 1.82) is 0 Å². The number of rotatable bonds is 0. The van der Waals surface area contributed by atoms with Crippen molar-refractivity contribution < 1.29 is 9.90 Å². The molecule has 2 aliphatic rings. The van der Waals surface area contributed by atoms with E-state index in [1.165, 1.54) is 25.7 Å². The smallest absolute Gasteiger partial charge is 0.162 e. The van der Waals surface area contributed by atoms with Crippen LogP contribution < -0.4 is 0 Å². The average Bonchev–Trinajstić information content (AvgIpc) is 2.18. The molecule has 0 bridgehead atoms. The second kappa shape index (κ2) is 3.41. The van der Waals surface area contributed by atoms with Gasteiger partial charge in [-0.25, -0.2) is 0 Å². The molecule has 78 valence electrons. The SMILES string of the molecule is C[C@]12CCCC[C@@H]1CC(=O)/C(=C\O)C2. The predicted octanol–water partition coefficient (Wildman–Crippen LogP) is 2.99. The van der Waals surface area contributed by atoms with Crippen LogP contribution in [0.4, 0.5) is 0 Å². The van der Waals surface area contributed by atoms with Gasteiger partial charge in [-0.1, -0.05) is 19.8 Å². The molecule has 2 fully saturated rings. The summed E-state index contributed by atoms with van der Waals surface area (Å²) in [5.74, 6) is 0.726. The van der Waals surface area contributed by atoms with E-state index < -0.39 is 0 Å². The van der Waals surface area contributed by atoms with Gasteiger partial charge in [-0.15, -0.1) is 0 Å². The second-order valence-electron chi connectivity index (χ2n) is 5.06. The summed E-state index contributed by atoms with van der Waals surface area (Å²) in [7, 11) is 0. The Morgan fingerprint density at radius 1 is 1.50 bits per heavy atom. The summed E-state index contributed by atoms with van der Waals surface area (Å²) < 4.78 is 0. The largest absolute Gasteiger partial charge is 0.515 e. The Kier molecular flexibility index (Phi) is 2.38. The van der Waals surface area contributed by atoms with Crippen LogP contribution in [0.25, 0.3) is 0 Å². The zero-order valence-corrected chi connectivity index (χ0v) is 8.75. The normalized spacial score (nSPS) is 41.1. The number of ketones is 1. The zero-order chi connectivity index (χ0) is 10.2.